The molecule has 1 aliphatic carbocycles. The molecule has 5 nitrogen and oxygen atoms in total. The lowest BCUT2D eigenvalue weighted by Gasteiger charge is -2.42. The van der Waals surface area contributed by atoms with Gasteiger partial charge in [0.25, 0.3) is 0 Å². The minimum atomic E-state index is -1.05. The van der Waals surface area contributed by atoms with Gasteiger partial charge in [0.1, 0.15) is 0 Å². The Morgan fingerprint density at radius 1 is 1.62 bits per heavy atom. The van der Waals surface area contributed by atoms with Crippen LogP contribution in [-0.4, -0.2) is 28.7 Å². The molecule has 72 valence electrons. The number of carboxylic acid groups (broad SMARTS) is 1. The molecular formula is C8H12N2O3. The van der Waals surface area contributed by atoms with E-state index in [0.717, 1.165) is 19.3 Å². The Morgan fingerprint density at radius 3 is 2.77 bits per heavy atom. The summed E-state index contributed by atoms with van der Waals surface area (Å²) in [6.45, 7) is 0. The lowest BCUT2D eigenvalue weighted by molar-refractivity contribution is -0.120. The molecule has 2 amide bonds. The van der Waals surface area contributed by atoms with Gasteiger partial charge < -0.3 is 15.7 Å². The molecule has 0 aromatic carbocycles. The highest BCUT2D eigenvalue weighted by Gasteiger charge is 2.51. The summed E-state index contributed by atoms with van der Waals surface area (Å²) in [6.07, 6.45) is 2.09. The van der Waals surface area contributed by atoms with E-state index in [-0.39, 0.29) is 23.9 Å². The van der Waals surface area contributed by atoms with Crippen molar-refractivity contribution >= 4 is 12.0 Å². The van der Waals surface area contributed by atoms with E-state index in [4.69, 9.17) is 5.11 Å². The molecule has 0 radical (unpaired) electrons. The molecule has 0 aromatic heterocycles. The Morgan fingerprint density at radius 2 is 2.31 bits per heavy atom. The van der Waals surface area contributed by atoms with Gasteiger partial charge in [0.15, 0.2) is 0 Å². The van der Waals surface area contributed by atoms with Gasteiger partial charge in [0, 0.05) is 6.42 Å². The summed E-state index contributed by atoms with van der Waals surface area (Å²) in [5, 5.41) is 13.8. The normalized spacial score (nSPS) is 29.5. The summed E-state index contributed by atoms with van der Waals surface area (Å²) in [7, 11) is 0. The van der Waals surface area contributed by atoms with E-state index in [2.05, 4.69) is 10.6 Å². The minimum absolute atomic E-state index is 0.0431. The first-order chi connectivity index (χ1) is 6.12. The Kier molecular flexibility index (Phi) is 1.68. The van der Waals surface area contributed by atoms with Crippen LogP contribution in [0.4, 0.5) is 4.79 Å². The van der Waals surface area contributed by atoms with Crippen LogP contribution in [0.5, 0.6) is 0 Å². The molecule has 3 N–H and O–H groups in total. The molecule has 5 heteroatoms. The van der Waals surface area contributed by atoms with Gasteiger partial charge >= 0.3 is 6.09 Å². The first kappa shape index (κ1) is 8.34. The average molecular weight is 184 g/mol. The van der Waals surface area contributed by atoms with Crippen molar-refractivity contribution in [3.63, 3.8) is 0 Å². The predicted octanol–water partition coefficient (Wildman–Crippen LogP) is 0.0652. The second-order valence-corrected chi connectivity index (χ2v) is 3.76. The number of hydrogen-bond acceptors (Lipinski definition) is 2. The molecule has 2 fully saturated rings. The van der Waals surface area contributed by atoms with Crippen molar-refractivity contribution in [2.75, 3.05) is 0 Å². The first-order valence-electron chi connectivity index (χ1n) is 4.43. The zero-order chi connectivity index (χ0) is 9.47. The van der Waals surface area contributed by atoms with Crippen LogP contribution >= 0.6 is 0 Å². The first-order valence-corrected chi connectivity index (χ1v) is 4.43. The average Bonchev–Trinajstić information content (AvgIpc) is 2.24. The summed E-state index contributed by atoms with van der Waals surface area (Å²) in [6, 6.07) is -0.230. The van der Waals surface area contributed by atoms with Crippen molar-refractivity contribution in [1.82, 2.24) is 10.6 Å². The highest BCUT2D eigenvalue weighted by molar-refractivity contribution is 5.82. The molecule has 1 heterocycles. The molecule has 1 unspecified atom stereocenters. The van der Waals surface area contributed by atoms with Crippen LogP contribution < -0.4 is 10.6 Å². The van der Waals surface area contributed by atoms with E-state index in [1.165, 1.54) is 0 Å². The largest absolute Gasteiger partial charge is 0.465 e. The monoisotopic (exact) mass is 184 g/mol. The lowest BCUT2D eigenvalue weighted by Crippen LogP contribution is -2.59. The molecule has 1 atom stereocenters. The third-order valence-corrected chi connectivity index (χ3v) is 2.99. The standard InChI is InChI=1S/C8H12N2O3/c11-6-4-5(9-7(12)13)8(10-6)2-1-3-8/h5,9H,1-4H2,(H,10,11)(H,12,13). The molecule has 1 saturated heterocycles. The molecule has 0 aromatic rings. The zero-order valence-electron chi connectivity index (χ0n) is 7.17. The van der Waals surface area contributed by atoms with Gasteiger partial charge in [-0.15, -0.1) is 0 Å². The van der Waals surface area contributed by atoms with E-state index in [9.17, 15) is 9.59 Å². The fourth-order valence-corrected chi connectivity index (χ4v) is 2.17. The summed E-state index contributed by atoms with van der Waals surface area (Å²) in [5.74, 6) is -0.0431. The van der Waals surface area contributed by atoms with Gasteiger partial charge in [-0.3, -0.25) is 4.79 Å². The second kappa shape index (κ2) is 2.61. The van der Waals surface area contributed by atoms with Crippen LogP contribution in [0.3, 0.4) is 0 Å². The van der Waals surface area contributed by atoms with Gasteiger partial charge in [0.2, 0.25) is 5.91 Å². The number of carbonyl (C=O) groups excluding carboxylic acids is 1. The zero-order valence-corrected chi connectivity index (χ0v) is 7.17. The number of hydrogen-bond donors (Lipinski definition) is 3. The topological polar surface area (TPSA) is 78.4 Å². The lowest BCUT2D eigenvalue weighted by atomic mass is 9.73. The summed E-state index contributed by atoms with van der Waals surface area (Å²) >= 11 is 0. The minimum Gasteiger partial charge on any atom is -0.465 e. The van der Waals surface area contributed by atoms with Crippen LogP contribution in [-0.2, 0) is 4.79 Å². The Bertz CT molecular complexity index is 260. The van der Waals surface area contributed by atoms with Crippen molar-refractivity contribution < 1.29 is 14.7 Å². The molecule has 1 saturated carbocycles. The van der Waals surface area contributed by atoms with Gasteiger partial charge in [0.05, 0.1) is 11.6 Å². The van der Waals surface area contributed by atoms with Gasteiger partial charge in [-0.25, -0.2) is 4.79 Å². The molecule has 2 rings (SSSR count). The van der Waals surface area contributed by atoms with Gasteiger partial charge in [-0.05, 0) is 19.3 Å². The quantitative estimate of drug-likeness (QED) is 0.539. The third kappa shape index (κ3) is 1.24. The van der Waals surface area contributed by atoms with Crippen LogP contribution in [0, 0.1) is 0 Å². The van der Waals surface area contributed by atoms with Crippen LogP contribution in [0.25, 0.3) is 0 Å². The smallest absolute Gasteiger partial charge is 0.404 e. The summed E-state index contributed by atoms with van der Waals surface area (Å²) < 4.78 is 0. The van der Waals surface area contributed by atoms with E-state index in [1.807, 2.05) is 0 Å². The van der Waals surface area contributed by atoms with E-state index >= 15 is 0 Å². The second-order valence-electron chi connectivity index (χ2n) is 3.76. The van der Waals surface area contributed by atoms with E-state index < -0.39 is 6.09 Å². The van der Waals surface area contributed by atoms with E-state index in [1.54, 1.807) is 0 Å². The maximum Gasteiger partial charge on any atom is 0.404 e. The third-order valence-electron chi connectivity index (χ3n) is 2.99. The number of nitrogens with one attached hydrogen (secondary N) is 2. The van der Waals surface area contributed by atoms with Crippen molar-refractivity contribution in [2.45, 2.75) is 37.3 Å². The predicted molar refractivity (Wildman–Crippen MR) is 44.3 cm³/mol. The number of carbonyl (C=O) groups is 2. The molecule has 1 spiro atoms. The Balaban J connectivity index is 2.08. The number of rotatable bonds is 1. The molecular weight excluding hydrogens is 172 g/mol. The van der Waals surface area contributed by atoms with Crippen molar-refractivity contribution in [3.05, 3.63) is 0 Å². The SMILES string of the molecule is O=C(O)NC1CC(=O)NC12CCC2. The van der Waals surface area contributed by atoms with Crippen LogP contribution in [0.2, 0.25) is 0 Å². The highest BCUT2D eigenvalue weighted by Crippen LogP contribution is 2.39. The highest BCUT2D eigenvalue weighted by atomic mass is 16.4. The molecule has 1 aliphatic heterocycles. The van der Waals surface area contributed by atoms with Gasteiger partial charge in [-0.1, -0.05) is 0 Å². The molecule has 0 bridgehead atoms. The van der Waals surface area contributed by atoms with Crippen LogP contribution in [0.1, 0.15) is 25.7 Å². The Hall–Kier alpha value is -1.26. The summed E-state index contributed by atoms with van der Waals surface area (Å²) in [5.41, 5.74) is -0.254. The van der Waals surface area contributed by atoms with Crippen molar-refractivity contribution in [3.8, 4) is 0 Å². The van der Waals surface area contributed by atoms with Gasteiger partial charge in [-0.2, -0.15) is 0 Å². The van der Waals surface area contributed by atoms with Crippen molar-refractivity contribution in [2.24, 2.45) is 0 Å². The van der Waals surface area contributed by atoms with Crippen molar-refractivity contribution in [1.29, 1.82) is 0 Å². The maximum atomic E-state index is 11.1. The Labute approximate surface area is 75.5 Å². The maximum absolute atomic E-state index is 11.1. The fourth-order valence-electron chi connectivity index (χ4n) is 2.17. The van der Waals surface area contributed by atoms with E-state index in [0.29, 0.717) is 0 Å². The molecule has 13 heavy (non-hydrogen) atoms. The summed E-state index contributed by atoms with van der Waals surface area (Å²) in [4.78, 5) is 21.5. The fraction of sp³-hybridized carbons (Fsp3) is 0.750. The number of amides is 2. The van der Waals surface area contributed by atoms with Crippen LogP contribution in [0.15, 0.2) is 0 Å². The molecule has 2 aliphatic rings.